The second kappa shape index (κ2) is 6.30. The van der Waals surface area contributed by atoms with Crippen LogP contribution in [0.3, 0.4) is 0 Å². The van der Waals surface area contributed by atoms with Crippen LogP contribution in [-0.4, -0.2) is 32.5 Å². The van der Waals surface area contributed by atoms with Gasteiger partial charge in [-0.05, 0) is 47.6 Å². The molecule has 4 aromatic rings. The summed E-state index contributed by atoms with van der Waals surface area (Å²) in [5.41, 5.74) is 4.55. The number of carbonyl (C=O) groups excluding carboxylic acids is 1. The van der Waals surface area contributed by atoms with Crippen LogP contribution in [0.15, 0.2) is 59.3 Å². The van der Waals surface area contributed by atoms with Gasteiger partial charge < -0.3 is 14.4 Å². The van der Waals surface area contributed by atoms with Crippen LogP contribution < -0.4 is 0 Å². The van der Waals surface area contributed by atoms with Gasteiger partial charge in [0.05, 0.1) is 6.04 Å². The average molecular weight is 384 g/mol. The SMILES string of the molecule is O=C1CC(c2noc(-c3ccc4cc[nH]c4c3)n2)CN1C1CCc2ccccc21. The largest absolute Gasteiger partial charge is 0.361 e. The van der Waals surface area contributed by atoms with Crippen molar-refractivity contribution in [1.29, 1.82) is 0 Å². The smallest absolute Gasteiger partial charge is 0.258 e. The van der Waals surface area contributed by atoms with E-state index in [0.717, 1.165) is 29.3 Å². The predicted octanol–water partition coefficient (Wildman–Crippen LogP) is 4.22. The van der Waals surface area contributed by atoms with Gasteiger partial charge in [-0.3, -0.25) is 4.79 Å². The molecule has 1 aliphatic carbocycles. The van der Waals surface area contributed by atoms with Crippen LogP contribution in [0.1, 0.15) is 41.8 Å². The predicted molar refractivity (Wildman–Crippen MR) is 108 cm³/mol. The standard InChI is InChI=1S/C23H20N4O2/c28-21-12-17(13-27(21)20-8-7-14-3-1-2-4-18(14)20)22-25-23(29-26-22)16-6-5-15-9-10-24-19(15)11-16/h1-6,9-11,17,20,24H,7-8,12-13H2. The van der Waals surface area contributed by atoms with Gasteiger partial charge in [0.1, 0.15) is 0 Å². The molecule has 144 valence electrons. The van der Waals surface area contributed by atoms with E-state index in [-0.39, 0.29) is 17.9 Å². The number of aromatic amines is 1. The molecule has 6 nitrogen and oxygen atoms in total. The van der Waals surface area contributed by atoms with Crippen LogP contribution in [0.2, 0.25) is 0 Å². The monoisotopic (exact) mass is 384 g/mol. The number of aryl methyl sites for hydroxylation is 1. The van der Waals surface area contributed by atoms with Gasteiger partial charge in [0.15, 0.2) is 5.82 Å². The van der Waals surface area contributed by atoms with Gasteiger partial charge in [-0.2, -0.15) is 4.98 Å². The number of aromatic nitrogens is 3. The first kappa shape index (κ1) is 16.5. The third-order valence-electron chi connectivity index (χ3n) is 6.24. The number of rotatable bonds is 3. The molecule has 2 atom stereocenters. The molecule has 1 amide bonds. The maximum atomic E-state index is 12.8. The van der Waals surface area contributed by atoms with Gasteiger partial charge in [0.2, 0.25) is 5.91 Å². The fraction of sp³-hybridized carbons (Fsp3) is 0.261. The van der Waals surface area contributed by atoms with Crippen LogP contribution in [-0.2, 0) is 11.2 Å². The Morgan fingerprint density at radius 1 is 1.14 bits per heavy atom. The van der Waals surface area contributed by atoms with E-state index in [1.165, 1.54) is 11.1 Å². The highest BCUT2D eigenvalue weighted by Crippen LogP contribution is 2.40. The number of nitrogens with zero attached hydrogens (tertiary/aromatic N) is 3. The van der Waals surface area contributed by atoms with Crippen molar-refractivity contribution in [3.05, 3.63) is 71.7 Å². The molecular weight excluding hydrogens is 364 g/mol. The molecule has 2 aliphatic rings. The number of nitrogens with one attached hydrogen (secondary N) is 1. The van der Waals surface area contributed by atoms with Crippen LogP contribution in [0.25, 0.3) is 22.4 Å². The van der Waals surface area contributed by atoms with Gasteiger partial charge in [-0.25, -0.2) is 0 Å². The Morgan fingerprint density at radius 2 is 2.07 bits per heavy atom. The molecule has 3 heterocycles. The van der Waals surface area contributed by atoms with Gasteiger partial charge in [-0.15, -0.1) is 0 Å². The molecule has 0 bridgehead atoms. The van der Waals surface area contributed by atoms with E-state index < -0.39 is 0 Å². The van der Waals surface area contributed by atoms with Gasteiger partial charge >= 0.3 is 0 Å². The van der Waals surface area contributed by atoms with Crippen molar-refractivity contribution in [2.75, 3.05) is 6.54 Å². The third-order valence-corrected chi connectivity index (χ3v) is 6.24. The van der Waals surface area contributed by atoms with E-state index in [2.05, 4.69) is 39.4 Å². The lowest BCUT2D eigenvalue weighted by atomic mass is 10.1. The molecule has 29 heavy (non-hydrogen) atoms. The van der Waals surface area contributed by atoms with Gasteiger partial charge in [0.25, 0.3) is 5.89 Å². The summed E-state index contributed by atoms with van der Waals surface area (Å²) in [6.45, 7) is 0.645. The lowest BCUT2D eigenvalue weighted by Gasteiger charge is -2.25. The molecule has 1 N–H and O–H groups in total. The molecule has 2 unspecified atom stereocenters. The van der Waals surface area contributed by atoms with Crippen molar-refractivity contribution < 1.29 is 9.32 Å². The zero-order valence-electron chi connectivity index (χ0n) is 15.8. The summed E-state index contributed by atoms with van der Waals surface area (Å²) in [7, 11) is 0. The average Bonchev–Trinajstić information content (AvgIpc) is 3.52. The summed E-state index contributed by atoms with van der Waals surface area (Å²) in [6, 6.07) is 16.7. The summed E-state index contributed by atoms with van der Waals surface area (Å²) in [4.78, 5) is 22.6. The zero-order chi connectivity index (χ0) is 19.4. The Labute approximate surface area is 167 Å². The number of hydrogen-bond acceptors (Lipinski definition) is 4. The summed E-state index contributed by atoms with van der Waals surface area (Å²) >= 11 is 0. The quantitative estimate of drug-likeness (QED) is 0.574. The molecule has 0 spiro atoms. The molecular formula is C23H20N4O2. The van der Waals surface area contributed by atoms with E-state index in [1.807, 2.05) is 35.4 Å². The van der Waals surface area contributed by atoms with E-state index in [1.54, 1.807) is 0 Å². The third kappa shape index (κ3) is 2.67. The minimum absolute atomic E-state index is 0.0259. The van der Waals surface area contributed by atoms with E-state index >= 15 is 0 Å². The molecule has 1 aliphatic heterocycles. The van der Waals surface area contributed by atoms with Crippen molar-refractivity contribution in [3.63, 3.8) is 0 Å². The van der Waals surface area contributed by atoms with Crippen molar-refractivity contribution >= 4 is 16.8 Å². The summed E-state index contributed by atoms with van der Waals surface area (Å²) in [6.07, 6.45) is 4.37. The molecule has 2 aromatic heterocycles. The second-order valence-electron chi connectivity index (χ2n) is 7.94. The lowest BCUT2D eigenvalue weighted by molar-refractivity contribution is -0.129. The number of H-pyrrole nitrogens is 1. The Hall–Kier alpha value is -3.41. The Bertz CT molecular complexity index is 1220. The Balaban J connectivity index is 1.25. The maximum absolute atomic E-state index is 12.8. The number of likely N-dealkylation sites (tertiary alicyclic amines) is 1. The molecule has 6 heteroatoms. The molecule has 0 radical (unpaired) electrons. The van der Waals surface area contributed by atoms with Crippen molar-refractivity contribution in [1.82, 2.24) is 20.0 Å². The highest BCUT2D eigenvalue weighted by atomic mass is 16.5. The fourth-order valence-electron chi connectivity index (χ4n) is 4.76. The van der Waals surface area contributed by atoms with E-state index in [4.69, 9.17) is 4.52 Å². The molecule has 6 rings (SSSR count). The number of amides is 1. The maximum Gasteiger partial charge on any atom is 0.258 e. The minimum atomic E-state index is -0.0259. The van der Waals surface area contributed by atoms with Crippen molar-refractivity contribution in [2.24, 2.45) is 0 Å². The van der Waals surface area contributed by atoms with Crippen LogP contribution in [0.5, 0.6) is 0 Å². The first-order valence-electron chi connectivity index (χ1n) is 10.0. The lowest BCUT2D eigenvalue weighted by Crippen LogP contribution is -2.28. The first-order valence-corrected chi connectivity index (χ1v) is 10.0. The van der Waals surface area contributed by atoms with Crippen molar-refractivity contribution in [3.8, 4) is 11.5 Å². The normalized spacial score (nSPS) is 21.2. The first-order chi connectivity index (χ1) is 14.3. The number of fused-ring (bicyclic) bond motifs is 2. The number of benzene rings is 2. The minimum Gasteiger partial charge on any atom is -0.361 e. The van der Waals surface area contributed by atoms with Gasteiger partial charge in [0, 0.05) is 36.2 Å². The fourth-order valence-corrected chi connectivity index (χ4v) is 4.76. The Morgan fingerprint density at radius 3 is 3.03 bits per heavy atom. The molecule has 1 saturated heterocycles. The Kier molecular flexibility index (Phi) is 3.59. The van der Waals surface area contributed by atoms with Gasteiger partial charge in [-0.1, -0.05) is 35.5 Å². The topological polar surface area (TPSA) is 75.0 Å². The highest BCUT2D eigenvalue weighted by Gasteiger charge is 2.39. The molecule has 1 fully saturated rings. The number of carbonyl (C=O) groups is 1. The number of hydrogen-bond donors (Lipinski definition) is 1. The van der Waals surface area contributed by atoms with Crippen LogP contribution in [0.4, 0.5) is 0 Å². The summed E-state index contributed by atoms with van der Waals surface area (Å²) in [5, 5.41) is 5.35. The summed E-state index contributed by atoms with van der Waals surface area (Å²) < 4.78 is 5.54. The summed E-state index contributed by atoms with van der Waals surface area (Å²) in [5.74, 6) is 1.26. The highest BCUT2D eigenvalue weighted by molar-refractivity contribution is 5.83. The van der Waals surface area contributed by atoms with Crippen LogP contribution >= 0.6 is 0 Å². The van der Waals surface area contributed by atoms with Crippen molar-refractivity contribution in [2.45, 2.75) is 31.2 Å². The molecule has 0 saturated carbocycles. The molecule has 2 aromatic carbocycles. The van der Waals surface area contributed by atoms with E-state index in [9.17, 15) is 4.79 Å². The zero-order valence-corrected chi connectivity index (χ0v) is 15.8. The van der Waals surface area contributed by atoms with E-state index in [0.29, 0.717) is 24.7 Å². The second-order valence-corrected chi connectivity index (χ2v) is 7.94. The van der Waals surface area contributed by atoms with Crippen LogP contribution in [0, 0.1) is 0 Å².